The van der Waals surface area contributed by atoms with E-state index in [0.717, 1.165) is 22.2 Å². The maximum absolute atomic E-state index is 13.9. The van der Waals surface area contributed by atoms with Gasteiger partial charge in [0.05, 0.1) is 6.61 Å². The fourth-order valence-electron chi connectivity index (χ4n) is 2.02. The van der Waals surface area contributed by atoms with Gasteiger partial charge in [-0.25, -0.2) is 8.78 Å². The van der Waals surface area contributed by atoms with Crippen LogP contribution >= 0.6 is 15.9 Å². The highest BCUT2D eigenvalue weighted by Gasteiger charge is 2.15. The smallest absolute Gasteiger partial charge is 0.149 e. The van der Waals surface area contributed by atoms with E-state index in [1.54, 1.807) is 7.05 Å². The molecule has 2 aromatic carbocycles. The minimum absolute atomic E-state index is 0.0925. The van der Waals surface area contributed by atoms with Crippen LogP contribution in [-0.4, -0.2) is 12.2 Å². The Kier molecular flexibility index (Phi) is 4.73. The first-order valence-corrected chi connectivity index (χ1v) is 6.85. The van der Waals surface area contributed by atoms with Gasteiger partial charge in [-0.15, -0.1) is 0 Å². The molecule has 2 rings (SSSR count). The molecule has 0 aliphatic rings. The molecule has 0 aromatic heterocycles. The number of anilines is 1. The minimum atomic E-state index is -0.673. The quantitative estimate of drug-likeness (QED) is 0.912. The highest BCUT2D eigenvalue weighted by atomic mass is 79.9. The number of halogens is 3. The Bertz CT molecular complexity index is 578. The zero-order valence-electron chi connectivity index (χ0n) is 10.9. The molecule has 0 bridgehead atoms. The summed E-state index contributed by atoms with van der Waals surface area (Å²) < 4.78 is 28.8. The van der Waals surface area contributed by atoms with E-state index in [-0.39, 0.29) is 17.9 Å². The summed E-state index contributed by atoms with van der Waals surface area (Å²) in [6.07, 6.45) is 0. The summed E-state index contributed by atoms with van der Waals surface area (Å²) in [5.74, 6) is -1.35. The molecule has 0 aliphatic heterocycles. The lowest BCUT2D eigenvalue weighted by molar-refractivity contribution is 0.280. The standard InChI is InChI=1S/C15H14BrF2NO/c1-19(8-10-2-4-12(16)5-3-10)15-13(17)6-11(9-20)7-14(15)18/h2-7,20H,8-9H2,1H3. The van der Waals surface area contributed by atoms with Crippen molar-refractivity contribution in [3.63, 3.8) is 0 Å². The number of hydrogen-bond donors (Lipinski definition) is 1. The summed E-state index contributed by atoms with van der Waals surface area (Å²) in [5.41, 5.74) is 1.08. The largest absolute Gasteiger partial charge is 0.392 e. The SMILES string of the molecule is CN(Cc1ccc(Br)cc1)c1c(F)cc(CO)cc1F. The summed E-state index contributed by atoms with van der Waals surface area (Å²) in [6.45, 7) is 0.00411. The van der Waals surface area contributed by atoms with Crippen molar-refractivity contribution in [2.75, 3.05) is 11.9 Å². The van der Waals surface area contributed by atoms with Crippen molar-refractivity contribution in [3.05, 3.63) is 63.6 Å². The second-order valence-electron chi connectivity index (χ2n) is 4.55. The zero-order valence-corrected chi connectivity index (χ0v) is 12.5. The number of hydrogen-bond acceptors (Lipinski definition) is 2. The third kappa shape index (κ3) is 3.35. The number of aliphatic hydroxyl groups excluding tert-OH is 1. The van der Waals surface area contributed by atoms with Crippen LogP contribution in [0.5, 0.6) is 0 Å². The second kappa shape index (κ2) is 6.33. The topological polar surface area (TPSA) is 23.5 Å². The van der Waals surface area contributed by atoms with Crippen molar-refractivity contribution in [2.45, 2.75) is 13.2 Å². The molecule has 0 saturated heterocycles. The van der Waals surface area contributed by atoms with E-state index in [4.69, 9.17) is 5.11 Å². The van der Waals surface area contributed by atoms with Crippen molar-refractivity contribution in [1.82, 2.24) is 0 Å². The summed E-state index contributed by atoms with van der Waals surface area (Å²) in [5, 5.41) is 8.93. The summed E-state index contributed by atoms with van der Waals surface area (Å²) in [4.78, 5) is 1.51. The summed E-state index contributed by atoms with van der Waals surface area (Å²) in [6, 6.07) is 9.83. The molecule has 0 radical (unpaired) electrons. The molecule has 0 unspecified atom stereocenters. The molecule has 0 saturated carbocycles. The Hall–Kier alpha value is -1.46. The van der Waals surface area contributed by atoms with Gasteiger partial charge in [0.1, 0.15) is 17.3 Å². The first-order valence-electron chi connectivity index (χ1n) is 6.05. The number of rotatable bonds is 4. The maximum atomic E-state index is 13.9. The van der Waals surface area contributed by atoms with Crippen LogP contribution in [-0.2, 0) is 13.2 Å². The Labute approximate surface area is 124 Å². The fraction of sp³-hybridized carbons (Fsp3) is 0.200. The molecule has 2 nitrogen and oxygen atoms in total. The van der Waals surface area contributed by atoms with E-state index in [9.17, 15) is 8.78 Å². The van der Waals surface area contributed by atoms with Gasteiger partial charge >= 0.3 is 0 Å². The molecule has 0 aliphatic carbocycles. The lowest BCUT2D eigenvalue weighted by atomic mass is 10.1. The molecule has 20 heavy (non-hydrogen) atoms. The predicted molar refractivity (Wildman–Crippen MR) is 78.5 cm³/mol. The lowest BCUT2D eigenvalue weighted by Crippen LogP contribution is -2.19. The lowest BCUT2D eigenvalue weighted by Gasteiger charge is -2.21. The van der Waals surface area contributed by atoms with Crippen molar-refractivity contribution in [2.24, 2.45) is 0 Å². The Morgan fingerprint density at radius 3 is 2.10 bits per heavy atom. The van der Waals surface area contributed by atoms with E-state index in [1.807, 2.05) is 24.3 Å². The van der Waals surface area contributed by atoms with Gasteiger partial charge in [-0.1, -0.05) is 28.1 Å². The molecule has 0 spiro atoms. The first kappa shape index (κ1) is 14.9. The van der Waals surface area contributed by atoms with Crippen LogP contribution in [0.3, 0.4) is 0 Å². The van der Waals surface area contributed by atoms with Crippen LogP contribution in [0.25, 0.3) is 0 Å². The van der Waals surface area contributed by atoms with Crippen molar-refractivity contribution in [1.29, 1.82) is 0 Å². The van der Waals surface area contributed by atoms with Crippen LogP contribution in [0.15, 0.2) is 40.9 Å². The first-order chi connectivity index (χ1) is 9.51. The number of aliphatic hydroxyl groups is 1. The molecule has 0 fully saturated rings. The van der Waals surface area contributed by atoms with E-state index in [1.165, 1.54) is 4.90 Å². The van der Waals surface area contributed by atoms with Gasteiger partial charge in [0.2, 0.25) is 0 Å². The van der Waals surface area contributed by atoms with Crippen LogP contribution in [0.4, 0.5) is 14.5 Å². The van der Waals surface area contributed by atoms with Crippen LogP contribution in [0.2, 0.25) is 0 Å². The van der Waals surface area contributed by atoms with Gasteiger partial charge in [-0.2, -0.15) is 0 Å². The molecule has 0 atom stereocenters. The van der Waals surface area contributed by atoms with Crippen LogP contribution in [0.1, 0.15) is 11.1 Å². The van der Waals surface area contributed by atoms with E-state index in [2.05, 4.69) is 15.9 Å². The number of nitrogens with zero attached hydrogens (tertiary/aromatic N) is 1. The third-order valence-electron chi connectivity index (χ3n) is 2.97. The average molecular weight is 342 g/mol. The van der Waals surface area contributed by atoms with Crippen LogP contribution in [0, 0.1) is 11.6 Å². The highest BCUT2D eigenvalue weighted by Crippen LogP contribution is 2.25. The van der Waals surface area contributed by atoms with Gasteiger partial charge in [-0.05, 0) is 35.4 Å². The van der Waals surface area contributed by atoms with Crippen molar-refractivity contribution in [3.8, 4) is 0 Å². The molecule has 0 heterocycles. The van der Waals surface area contributed by atoms with Crippen molar-refractivity contribution >= 4 is 21.6 Å². The normalized spacial score (nSPS) is 10.7. The van der Waals surface area contributed by atoms with E-state index < -0.39 is 11.6 Å². The van der Waals surface area contributed by atoms with Gasteiger partial charge < -0.3 is 10.0 Å². The molecule has 5 heteroatoms. The van der Waals surface area contributed by atoms with Gasteiger partial charge in [-0.3, -0.25) is 0 Å². The molecule has 106 valence electrons. The van der Waals surface area contributed by atoms with E-state index >= 15 is 0 Å². The van der Waals surface area contributed by atoms with Crippen molar-refractivity contribution < 1.29 is 13.9 Å². The van der Waals surface area contributed by atoms with E-state index in [0.29, 0.717) is 6.54 Å². The second-order valence-corrected chi connectivity index (χ2v) is 5.46. The molecular weight excluding hydrogens is 328 g/mol. The Morgan fingerprint density at radius 1 is 1.05 bits per heavy atom. The van der Waals surface area contributed by atoms with Gasteiger partial charge in [0.25, 0.3) is 0 Å². The highest BCUT2D eigenvalue weighted by molar-refractivity contribution is 9.10. The van der Waals surface area contributed by atoms with Gasteiger partial charge in [0.15, 0.2) is 0 Å². The molecular formula is C15H14BrF2NO. The monoisotopic (exact) mass is 341 g/mol. The summed E-state index contributed by atoms with van der Waals surface area (Å²) in [7, 11) is 1.63. The molecule has 0 amide bonds. The molecule has 1 N–H and O–H groups in total. The third-order valence-corrected chi connectivity index (χ3v) is 3.50. The average Bonchev–Trinajstić information content (AvgIpc) is 2.40. The van der Waals surface area contributed by atoms with Crippen LogP contribution < -0.4 is 4.90 Å². The minimum Gasteiger partial charge on any atom is -0.392 e. The Balaban J connectivity index is 2.25. The maximum Gasteiger partial charge on any atom is 0.149 e. The number of benzene rings is 2. The summed E-state index contributed by atoms with van der Waals surface area (Å²) >= 11 is 3.34. The molecule has 2 aromatic rings. The van der Waals surface area contributed by atoms with Gasteiger partial charge in [0, 0.05) is 18.1 Å². The fourth-order valence-corrected chi connectivity index (χ4v) is 2.28. The predicted octanol–water partition coefficient (Wildman–Crippen LogP) is 3.86. The zero-order chi connectivity index (χ0) is 14.7. The Morgan fingerprint density at radius 2 is 1.60 bits per heavy atom.